The lowest BCUT2D eigenvalue weighted by Crippen LogP contribution is -2.33. The summed E-state index contributed by atoms with van der Waals surface area (Å²) < 4.78 is 5.86. The summed E-state index contributed by atoms with van der Waals surface area (Å²) in [7, 11) is 0. The molecule has 0 aromatic heterocycles. The number of amides is 1. The van der Waals surface area contributed by atoms with Crippen molar-refractivity contribution in [3.05, 3.63) is 65.7 Å². The second-order valence-corrected chi connectivity index (χ2v) is 7.21. The molecule has 2 aromatic carbocycles. The Bertz CT molecular complexity index is 739. The van der Waals surface area contributed by atoms with Crippen LogP contribution >= 0.6 is 0 Å². The molecule has 2 saturated heterocycles. The number of carbonyl (C=O) groups is 1. The predicted octanol–water partition coefficient (Wildman–Crippen LogP) is 3.09. The minimum absolute atomic E-state index is 0.119. The summed E-state index contributed by atoms with van der Waals surface area (Å²) in [6, 6.07) is 17.6. The van der Waals surface area contributed by atoms with Gasteiger partial charge in [-0.15, -0.1) is 0 Å². The first kappa shape index (κ1) is 16.2. The number of benzene rings is 2. The molecule has 2 aromatic rings. The molecule has 0 radical (unpaired) electrons. The van der Waals surface area contributed by atoms with E-state index in [4.69, 9.17) is 4.74 Å². The van der Waals surface area contributed by atoms with Gasteiger partial charge in [-0.05, 0) is 43.1 Å². The molecule has 4 rings (SSSR count). The van der Waals surface area contributed by atoms with Gasteiger partial charge in [-0.25, -0.2) is 0 Å². The SMILES string of the molecule is O=C(c1cccc(OCc2ccccc2)c1)N1CCC2(CCNC2)C1. The lowest BCUT2D eigenvalue weighted by molar-refractivity contribution is 0.0775. The zero-order valence-corrected chi connectivity index (χ0v) is 14.4. The van der Waals surface area contributed by atoms with Gasteiger partial charge >= 0.3 is 0 Å². The predicted molar refractivity (Wildman–Crippen MR) is 97.7 cm³/mol. The van der Waals surface area contributed by atoms with Crippen LogP contribution in [-0.4, -0.2) is 37.0 Å². The van der Waals surface area contributed by atoms with Gasteiger partial charge < -0.3 is 15.0 Å². The Hall–Kier alpha value is -2.33. The molecule has 2 aliphatic rings. The summed E-state index contributed by atoms with van der Waals surface area (Å²) in [5, 5.41) is 3.44. The van der Waals surface area contributed by atoms with E-state index in [2.05, 4.69) is 5.32 Å². The van der Waals surface area contributed by atoms with Gasteiger partial charge in [-0.2, -0.15) is 0 Å². The van der Waals surface area contributed by atoms with E-state index in [1.807, 2.05) is 59.5 Å². The second-order valence-electron chi connectivity index (χ2n) is 7.21. The molecule has 4 heteroatoms. The first-order valence-corrected chi connectivity index (χ1v) is 9.01. The highest BCUT2D eigenvalue weighted by molar-refractivity contribution is 5.94. The molecule has 2 fully saturated rings. The van der Waals surface area contributed by atoms with Crippen molar-refractivity contribution in [2.75, 3.05) is 26.2 Å². The molecule has 0 saturated carbocycles. The van der Waals surface area contributed by atoms with Crippen molar-refractivity contribution in [2.45, 2.75) is 19.4 Å². The molecule has 4 nitrogen and oxygen atoms in total. The maximum atomic E-state index is 12.9. The quantitative estimate of drug-likeness (QED) is 0.933. The van der Waals surface area contributed by atoms with E-state index in [0.717, 1.165) is 43.9 Å². The molecular weight excluding hydrogens is 312 g/mol. The van der Waals surface area contributed by atoms with Crippen molar-refractivity contribution >= 4 is 5.91 Å². The van der Waals surface area contributed by atoms with Crippen molar-refractivity contribution in [3.63, 3.8) is 0 Å². The summed E-state index contributed by atoms with van der Waals surface area (Å²) in [5.41, 5.74) is 2.14. The Kier molecular flexibility index (Phi) is 4.45. The fourth-order valence-corrected chi connectivity index (χ4v) is 3.89. The van der Waals surface area contributed by atoms with Crippen molar-refractivity contribution in [1.82, 2.24) is 10.2 Å². The van der Waals surface area contributed by atoms with E-state index in [1.54, 1.807) is 0 Å². The van der Waals surface area contributed by atoms with E-state index in [-0.39, 0.29) is 5.91 Å². The number of likely N-dealkylation sites (tertiary alicyclic amines) is 1. The molecule has 1 N–H and O–H groups in total. The van der Waals surface area contributed by atoms with Crippen molar-refractivity contribution < 1.29 is 9.53 Å². The second kappa shape index (κ2) is 6.89. The monoisotopic (exact) mass is 336 g/mol. The van der Waals surface area contributed by atoms with Gasteiger partial charge in [0.1, 0.15) is 12.4 Å². The van der Waals surface area contributed by atoms with E-state index >= 15 is 0 Å². The van der Waals surface area contributed by atoms with Crippen LogP contribution < -0.4 is 10.1 Å². The van der Waals surface area contributed by atoms with Crippen LogP contribution in [0.2, 0.25) is 0 Å². The first-order valence-electron chi connectivity index (χ1n) is 9.01. The topological polar surface area (TPSA) is 41.6 Å². The summed E-state index contributed by atoms with van der Waals surface area (Å²) >= 11 is 0. The fourth-order valence-electron chi connectivity index (χ4n) is 3.89. The molecule has 1 atom stereocenters. The van der Waals surface area contributed by atoms with Gasteiger partial charge in [0.2, 0.25) is 0 Å². The third-order valence-electron chi connectivity index (χ3n) is 5.39. The Morgan fingerprint density at radius 1 is 1.12 bits per heavy atom. The van der Waals surface area contributed by atoms with Crippen LogP contribution in [0, 0.1) is 5.41 Å². The number of nitrogens with zero attached hydrogens (tertiary/aromatic N) is 1. The molecule has 0 bridgehead atoms. The largest absolute Gasteiger partial charge is 0.489 e. The number of hydrogen-bond acceptors (Lipinski definition) is 3. The Balaban J connectivity index is 1.41. The molecule has 1 amide bonds. The van der Waals surface area contributed by atoms with E-state index in [9.17, 15) is 4.79 Å². The van der Waals surface area contributed by atoms with Gasteiger partial charge in [0.25, 0.3) is 5.91 Å². The number of carbonyl (C=O) groups excluding carboxylic acids is 1. The lowest BCUT2D eigenvalue weighted by Gasteiger charge is -2.23. The zero-order valence-electron chi connectivity index (χ0n) is 14.4. The molecule has 0 aliphatic carbocycles. The van der Waals surface area contributed by atoms with Crippen LogP contribution in [0.4, 0.5) is 0 Å². The molecular formula is C21H24N2O2. The zero-order chi connectivity index (χ0) is 17.1. The van der Waals surface area contributed by atoms with Crippen LogP contribution in [0.5, 0.6) is 5.75 Å². The van der Waals surface area contributed by atoms with Gasteiger partial charge in [0, 0.05) is 30.6 Å². The maximum Gasteiger partial charge on any atom is 0.254 e. The van der Waals surface area contributed by atoms with Crippen molar-refractivity contribution in [1.29, 1.82) is 0 Å². The van der Waals surface area contributed by atoms with Crippen LogP contribution in [0.25, 0.3) is 0 Å². The fraction of sp³-hybridized carbons (Fsp3) is 0.381. The van der Waals surface area contributed by atoms with Crippen molar-refractivity contribution in [3.8, 4) is 5.75 Å². The maximum absolute atomic E-state index is 12.9. The highest BCUT2D eigenvalue weighted by Crippen LogP contribution is 2.36. The minimum Gasteiger partial charge on any atom is -0.489 e. The average Bonchev–Trinajstić information content (AvgIpc) is 3.31. The third kappa shape index (κ3) is 3.54. The first-order chi connectivity index (χ1) is 12.2. The van der Waals surface area contributed by atoms with E-state index in [0.29, 0.717) is 17.6 Å². The van der Waals surface area contributed by atoms with E-state index < -0.39 is 0 Å². The van der Waals surface area contributed by atoms with Crippen molar-refractivity contribution in [2.24, 2.45) is 5.41 Å². The number of hydrogen-bond donors (Lipinski definition) is 1. The average molecular weight is 336 g/mol. The van der Waals surface area contributed by atoms with Gasteiger partial charge in [0.15, 0.2) is 0 Å². The Morgan fingerprint density at radius 2 is 2.00 bits per heavy atom. The minimum atomic E-state index is 0.119. The molecule has 1 unspecified atom stereocenters. The number of ether oxygens (including phenoxy) is 1. The Labute approximate surface area is 148 Å². The summed E-state index contributed by atoms with van der Waals surface area (Å²) in [6.45, 7) is 4.35. The molecule has 25 heavy (non-hydrogen) atoms. The summed E-state index contributed by atoms with van der Waals surface area (Å²) in [6.07, 6.45) is 2.28. The van der Waals surface area contributed by atoms with Crippen LogP contribution in [-0.2, 0) is 6.61 Å². The smallest absolute Gasteiger partial charge is 0.254 e. The molecule has 130 valence electrons. The van der Waals surface area contributed by atoms with Gasteiger partial charge in [-0.1, -0.05) is 36.4 Å². The summed E-state index contributed by atoms with van der Waals surface area (Å²) in [5.74, 6) is 0.861. The number of rotatable bonds is 4. The summed E-state index contributed by atoms with van der Waals surface area (Å²) in [4.78, 5) is 14.9. The van der Waals surface area contributed by atoms with Gasteiger partial charge in [-0.3, -0.25) is 4.79 Å². The van der Waals surface area contributed by atoms with Crippen LogP contribution in [0.3, 0.4) is 0 Å². The standard InChI is InChI=1S/C21H24N2O2/c24-20(23-12-10-21(16-23)9-11-22-15-21)18-7-4-8-19(13-18)25-14-17-5-2-1-3-6-17/h1-8,13,22H,9-12,14-16H2. The molecule has 2 heterocycles. The highest BCUT2D eigenvalue weighted by atomic mass is 16.5. The van der Waals surface area contributed by atoms with Crippen LogP contribution in [0.1, 0.15) is 28.8 Å². The number of nitrogens with one attached hydrogen (secondary N) is 1. The highest BCUT2D eigenvalue weighted by Gasteiger charge is 2.41. The van der Waals surface area contributed by atoms with Gasteiger partial charge in [0.05, 0.1) is 0 Å². The third-order valence-corrected chi connectivity index (χ3v) is 5.39. The lowest BCUT2D eigenvalue weighted by atomic mass is 9.86. The normalized spacial score (nSPS) is 22.5. The molecule has 2 aliphatic heterocycles. The Morgan fingerprint density at radius 3 is 2.80 bits per heavy atom. The van der Waals surface area contributed by atoms with Crippen LogP contribution in [0.15, 0.2) is 54.6 Å². The molecule has 1 spiro atoms. The van der Waals surface area contributed by atoms with E-state index in [1.165, 1.54) is 6.42 Å².